The standard InChI is InChI=1S/C7H8.2C6H7N.3CH4/c1-7-5-3-2-4-6-7;1-6-3-2-4-7-5-6;1-6-4-2-3-5-7-6;;;/h2-6H,1H3;2*2-5H,1H3;3*1H4. The fourth-order valence-electron chi connectivity index (χ4n) is 1.43. The summed E-state index contributed by atoms with van der Waals surface area (Å²) in [6.45, 7) is 6.08. The van der Waals surface area contributed by atoms with E-state index in [1.807, 2.05) is 68.6 Å². The summed E-state index contributed by atoms with van der Waals surface area (Å²) >= 11 is 0. The monoisotopic (exact) mass is 326 g/mol. The van der Waals surface area contributed by atoms with Crippen LogP contribution in [0.3, 0.4) is 0 Å². The van der Waals surface area contributed by atoms with Crippen molar-refractivity contribution in [3.63, 3.8) is 0 Å². The van der Waals surface area contributed by atoms with Gasteiger partial charge in [-0.2, -0.15) is 0 Å². The fourth-order valence-corrected chi connectivity index (χ4v) is 1.43. The molecule has 0 saturated heterocycles. The fraction of sp³-hybridized carbons (Fsp3) is 0.273. The molecule has 0 unspecified atom stereocenters. The molecule has 0 bridgehead atoms. The molecule has 0 radical (unpaired) electrons. The van der Waals surface area contributed by atoms with E-state index >= 15 is 0 Å². The predicted octanol–water partition coefficient (Wildman–Crippen LogP) is 6.68. The van der Waals surface area contributed by atoms with Crippen LogP contribution in [0.25, 0.3) is 0 Å². The molecular formula is C22H34N2. The molecule has 3 rings (SSSR count). The average molecular weight is 327 g/mol. The summed E-state index contributed by atoms with van der Waals surface area (Å²) in [4.78, 5) is 7.86. The molecule has 0 N–H and O–H groups in total. The Morgan fingerprint density at radius 1 is 0.583 bits per heavy atom. The molecule has 0 saturated carbocycles. The second kappa shape index (κ2) is 16.9. The topological polar surface area (TPSA) is 25.8 Å². The number of benzene rings is 1. The summed E-state index contributed by atoms with van der Waals surface area (Å²) in [5.41, 5.74) is 3.60. The van der Waals surface area contributed by atoms with Gasteiger partial charge in [0.25, 0.3) is 0 Å². The van der Waals surface area contributed by atoms with Gasteiger partial charge in [-0.1, -0.05) is 70.3 Å². The zero-order valence-corrected chi connectivity index (χ0v) is 12.9. The SMILES string of the molecule is C.C.C.Cc1ccccc1.Cc1ccccn1.Cc1cccnc1. The van der Waals surface area contributed by atoms with Crippen molar-refractivity contribution in [3.8, 4) is 0 Å². The van der Waals surface area contributed by atoms with Crippen LogP contribution < -0.4 is 0 Å². The first kappa shape index (κ1) is 26.4. The molecule has 0 aliphatic rings. The number of hydrogen-bond acceptors (Lipinski definition) is 2. The van der Waals surface area contributed by atoms with Gasteiger partial charge in [0.1, 0.15) is 0 Å². The second-order valence-electron chi connectivity index (χ2n) is 4.66. The number of nitrogens with zero attached hydrogens (tertiary/aromatic N) is 2. The van der Waals surface area contributed by atoms with E-state index in [-0.39, 0.29) is 22.3 Å². The van der Waals surface area contributed by atoms with E-state index in [1.54, 1.807) is 12.4 Å². The van der Waals surface area contributed by atoms with E-state index in [0.717, 1.165) is 5.69 Å². The van der Waals surface area contributed by atoms with E-state index < -0.39 is 0 Å². The lowest BCUT2D eigenvalue weighted by Gasteiger charge is -1.82. The third kappa shape index (κ3) is 14.5. The molecule has 2 aromatic heterocycles. The van der Waals surface area contributed by atoms with Crippen molar-refractivity contribution in [2.24, 2.45) is 0 Å². The van der Waals surface area contributed by atoms with Gasteiger partial charge in [-0.15, -0.1) is 0 Å². The number of rotatable bonds is 0. The zero-order chi connectivity index (χ0) is 15.3. The summed E-state index contributed by atoms with van der Waals surface area (Å²) in [6.07, 6.45) is 5.39. The van der Waals surface area contributed by atoms with Crippen LogP contribution in [0.15, 0.2) is 79.3 Å². The van der Waals surface area contributed by atoms with Gasteiger partial charge in [0.2, 0.25) is 0 Å². The van der Waals surface area contributed by atoms with E-state index in [9.17, 15) is 0 Å². The third-order valence-electron chi connectivity index (χ3n) is 2.56. The Bertz CT molecular complexity index is 489. The lowest BCUT2D eigenvalue weighted by molar-refractivity contribution is 1.20. The Balaban J connectivity index is -0.000000259. The van der Waals surface area contributed by atoms with Crippen LogP contribution >= 0.6 is 0 Å². The van der Waals surface area contributed by atoms with Crippen molar-refractivity contribution in [2.75, 3.05) is 0 Å². The van der Waals surface area contributed by atoms with E-state index in [0.29, 0.717) is 0 Å². The van der Waals surface area contributed by atoms with Crippen molar-refractivity contribution < 1.29 is 0 Å². The van der Waals surface area contributed by atoms with Crippen LogP contribution in [-0.2, 0) is 0 Å². The highest BCUT2D eigenvalue weighted by molar-refractivity contribution is 5.11. The summed E-state index contributed by atoms with van der Waals surface area (Å²) in [6, 6.07) is 20.1. The molecule has 1 aromatic carbocycles. The first-order valence-corrected chi connectivity index (χ1v) is 6.94. The van der Waals surface area contributed by atoms with Gasteiger partial charge >= 0.3 is 0 Å². The number of pyridine rings is 2. The molecule has 0 aliphatic carbocycles. The van der Waals surface area contributed by atoms with Crippen molar-refractivity contribution >= 4 is 0 Å². The largest absolute Gasteiger partial charge is 0.264 e. The van der Waals surface area contributed by atoms with Crippen molar-refractivity contribution in [2.45, 2.75) is 43.1 Å². The van der Waals surface area contributed by atoms with Gasteiger partial charge in [-0.05, 0) is 44.5 Å². The normalized spacial score (nSPS) is 7.62. The summed E-state index contributed by atoms with van der Waals surface area (Å²) in [7, 11) is 0. The number of hydrogen-bond donors (Lipinski definition) is 0. The molecule has 0 fully saturated rings. The van der Waals surface area contributed by atoms with Crippen LogP contribution in [0.1, 0.15) is 39.1 Å². The highest BCUT2D eigenvalue weighted by Gasteiger charge is 1.74. The smallest absolute Gasteiger partial charge is 0.0372 e. The highest BCUT2D eigenvalue weighted by atomic mass is 14.6. The maximum absolute atomic E-state index is 3.98. The lowest BCUT2D eigenvalue weighted by Crippen LogP contribution is -1.72. The molecule has 0 aliphatic heterocycles. The molecule has 0 spiro atoms. The van der Waals surface area contributed by atoms with Gasteiger partial charge < -0.3 is 0 Å². The third-order valence-corrected chi connectivity index (χ3v) is 2.56. The minimum Gasteiger partial charge on any atom is -0.264 e. The van der Waals surface area contributed by atoms with Gasteiger partial charge in [-0.25, -0.2) is 0 Å². The Kier molecular flexibility index (Phi) is 18.6. The molecule has 3 aromatic rings. The average Bonchev–Trinajstić information content (AvgIpc) is 2.51. The molecule has 2 heterocycles. The van der Waals surface area contributed by atoms with Crippen molar-refractivity contribution in [1.82, 2.24) is 9.97 Å². The van der Waals surface area contributed by atoms with Crippen molar-refractivity contribution in [1.29, 1.82) is 0 Å². The van der Waals surface area contributed by atoms with Gasteiger partial charge in [0.05, 0.1) is 0 Å². The zero-order valence-electron chi connectivity index (χ0n) is 12.9. The lowest BCUT2D eigenvalue weighted by atomic mass is 10.2. The van der Waals surface area contributed by atoms with Crippen LogP contribution in [0.5, 0.6) is 0 Å². The predicted molar refractivity (Wildman–Crippen MR) is 109 cm³/mol. The molecule has 132 valence electrons. The number of aryl methyl sites for hydroxylation is 3. The quantitative estimate of drug-likeness (QED) is 0.460. The number of aromatic nitrogens is 2. The summed E-state index contributed by atoms with van der Waals surface area (Å²) in [5, 5.41) is 0. The Morgan fingerprint density at radius 2 is 1.17 bits per heavy atom. The van der Waals surface area contributed by atoms with Crippen LogP contribution in [0, 0.1) is 20.8 Å². The molecular weight excluding hydrogens is 292 g/mol. The first-order chi connectivity index (χ1) is 10.2. The minimum atomic E-state index is 0. The van der Waals surface area contributed by atoms with Crippen LogP contribution in [0.4, 0.5) is 0 Å². The van der Waals surface area contributed by atoms with Crippen molar-refractivity contribution in [3.05, 3.63) is 96.1 Å². The van der Waals surface area contributed by atoms with Crippen LogP contribution in [0.2, 0.25) is 0 Å². The summed E-state index contributed by atoms with van der Waals surface area (Å²) < 4.78 is 0. The van der Waals surface area contributed by atoms with Crippen LogP contribution in [-0.4, -0.2) is 9.97 Å². The maximum atomic E-state index is 3.98. The molecule has 2 heteroatoms. The molecule has 0 atom stereocenters. The first-order valence-electron chi connectivity index (χ1n) is 6.94. The highest BCUT2D eigenvalue weighted by Crippen LogP contribution is 1.92. The molecule has 24 heavy (non-hydrogen) atoms. The Hall–Kier alpha value is -2.48. The summed E-state index contributed by atoms with van der Waals surface area (Å²) in [5.74, 6) is 0. The Labute approximate surface area is 149 Å². The Morgan fingerprint density at radius 3 is 1.42 bits per heavy atom. The van der Waals surface area contributed by atoms with Gasteiger partial charge in [-0.3, -0.25) is 9.97 Å². The molecule has 0 amide bonds. The maximum Gasteiger partial charge on any atom is 0.0372 e. The second-order valence-corrected chi connectivity index (χ2v) is 4.66. The van der Waals surface area contributed by atoms with Gasteiger partial charge in [0, 0.05) is 24.3 Å². The van der Waals surface area contributed by atoms with E-state index in [2.05, 4.69) is 29.0 Å². The minimum absolute atomic E-state index is 0. The molecule has 2 nitrogen and oxygen atoms in total. The van der Waals surface area contributed by atoms with Gasteiger partial charge in [0.15, 0.2) is 0 Å². The van der Waals surface area contributed by atoms with E-state index in [4.69, 9.17) is 0 Å². The van der Waals surface area contributed by atoms with E-state index in [1.165, 1.54) is 11.1 Å².